The molecule has 1 amide bonds. The van der Waals surface area contributed by atoms with E-state index in [9.17, 15) is 14.4 Å². The average molecular weight is 275 g/mol. The van der Waals surface area contributed by atoms with Crippen LogP contribution in [0.2, 0.25) is 0 Å². The number of hydrogen-bond acceptors (Lipinski definition) is 3. The van der Waals surface area contributed by atoms with Gasteiger partial charge in [-0.3, -0.25) is 14.4 Å². The Kier molecular flexibility index (Phi) is 3.38. The van der Waals surface area contributed by atoms with Gasteiger partial charge >= 0.3 is 5.97 Å². The predicted octanol–water partition coefficient (Wildman–Crippen LogP) is 2.18. The van der Waals surface area contributed by atoms with E-state index in [1.807, 2.05) is 0 Å². The van der Waals surface area contributed by atoms with E-state index in [-0.39, 0.29) is 11.7 Å². The van der Waals surface area contributed by atoms with Crippen molar-refractivity contribution in [3.05, 3.63) is 29.8 Å². The highest BCUT2D eigenvalue weighted by atomic mass is 16.4. The van der Waals surface area contributed by atoms with Crippen LogP contribution in [0.25, 0.3) is 0 Å². The fourth-order valence-corrected chi connectivity index (χ4v) is 2.60. The molecule has 1 aliphatic carbocycles. The zero-order valence-corrected chi connectivity index (χ0v) is 11.6. The summed E-state index contributed by atoms with van der Waals surface area (Å²) in [5.41, 5.74) is 0.611. The molecule has 1 saturated carbocycles. The Morgan fingerprint density at radius 3 is 2.05 bits per heavy atom. The number of ketones is 1. The van der Waals surface area contributed by atoms with E-state index in [2.05, 4.69) is 5.32 Å². The summed E-state index contributed by atoms with van der Waals surface area (Å²) >= 11 is 0. The smallest absolute Gasteiger partial charge is 0.307 e. The molecule has 1 aromatic carbocycles. The minimum atomic E-state index is -0.943. The van der Waals surface area contributed by atoms with Crippen molar-refractivity contribution in [2.45, 2.75) is 20.8 Å². The van der Waals surface area contributed by atoms with Crippen molar-refractivity contribution in [1.82, 2.24) is 0 Å². The molecule has 5 heteroatoms. The van der Waals surface area contributed by atoms with Crippen molar-refractivity contribution in [3.63, 3.8) is 0 Å². The molecule has 0 spiro atoms. The van der Waals surface area contributed by atoms with Crippen LogP contribution in [0, 0.1) is 17.3 Å². The summed E-state index contributed by atoms with van der Waals surface area (Å²) in [6, 6.07) is 6.54. The Morgan fingerprint density at radius 1 is 1.10 bits per heavy atom. The molecule has 0 heterocycles. The van der Waals surface area contributed by atoms with E-state index in [1.165, 1.54) is 6.92 Å². The van der Waals surface area contributed by atoms with Gasteiger partial charge in [-0.1, -0.05) is 13.8 Å². The van der Waals surface area contributed by atoms with Gasteiger partial charge in [0.15, 0.2) is 5.78 Å². The molecule has 2 N–H and O–H groups in total. The van der Waals surface area contributed by atoms with Crippen LogP contribution in [0.4, 0.5) is 5.69 Å². The molecule has 1 fully saturated rings. The summed E-state index contributed by atoms with van der Waals surface area (Å²) < 4.78 is 0. The standard InChI is InChI=1S/C15H17NO4/c1-8(17)9-4-6-10(7-5-9)16-13(18)11-12(14(19)20)15(11,2)3/h4-7,11-12H,1-3H3,(H,16,18)(H,19,20). The van der Waals surface area contributed by atoms with Crippen LogP contribution in [0.1, 0.15) is 31.1 Å². The monoisotopic (exact) mass is 275 g/mol. The Bertz CT molecular complexity index is 574. The maximum Gasteiger partial charge on any atom is 0.307 e. The second-order valence-corrected chi connectivity index (χ2v) is 5.74. The normalized spacial score (nSPS) is 22.9. The number of carbonyl (C=O) groups is 3. The van der Waals surface area contributed by atoms with Crippen molar-refractivity contribution in [3.8, 4) is 0 Å². The number of carbonyl (C=O) groups excluding carboxylic acids is 2. The lowest BCUT2D eigenvalue weighted by molar-refractivity contribution is -0.140. The van der Waals surface area contributed by atoms with Crippen LogP contribution in [0.15, 0.2) is 24.3 Å². The summed E-state index contributed by atoms with van der Waals surface area (Å²) in [5.74, 6) is -2.44. The Balaban J connectivity index is 2.06. The van der Waals surface area contributed by atoms with Gasteiger partial charge in [0.2, 0.25) is 5.91 Å². The minimum Gasteiger partial charge on any atom is -0.481 e. The number of rotatable bonds is 4. The molecule has 106 valence electrons. The van der Waals surface area contributed by atoms with Crippen LogP contribution in [0.5, 0.6) is 0 Å². The second kappa shape index (κ2) is 4.74. The van der Waals surface area contributed by atoms with E-state index in [0.29, 0.717) is 11.3 Å². The Morgan fingerprint density at radius 2 is 1.65 bits per heavy atom. The summed E-state index contributed by atoms with van der Waals surface area (Å²) in [5, 5.41) is 11.8. The lowest BCUT2D eigenvalue weighted by Gasteiger charge is -2.06. The summed E-state index contributed by atoms with van der Waals surface area (Å²) in [7, 11) is 0. The Labute approximate surface area is 117 Å². The van der Waals surface area contributed by atoms with Gasteiger partial charge in [-0.25, -0.2) is 0 Å². The van der Waals surface area contributed by atoms with Gasteiger partial charge in [0.1, 0.15) is 0 Å². The third-order valence-electron chi connectivity index (χ3n) is 3.93. The maximum absolute atomic E-state index is 12.1. The first kappa shape index (κ1) is 14.2. The van der Waals surface area contributed by atoms with E-state index >= 15 is 0 Å². The van der Waals surface area contributed by atoms with Crippen LogP contribution >= 0.6 is 0 Å². The summed E-state index contributed by atoms with van der Waals surface area (Å²) in [4.78, 5) is 34.3. The van der Waals surface area contributed by atoms with E-state index in [4.69, 9.17) is 5.11 Å². The fraction of sp³-hybridized carbons (Fsp3) is 0.400. The van der Waals surface area contributed by atoms with Crippen LogP contribution in [0.3, 0.4) is 0 Å². The lowest BCUT2D eigenvalue weighted by Crippen LogP contribution is -2.17. The molecule has 5 nitrogen and oxygen atoms in total. The van der Waals surface area contributed by atoms with Crippen molar-refractivity contribution in [2.24, 2.45) is 17.3 Å². The highest BCUT2D eigenvalue weighted by Gasteiger charge is 2.65. The van der Waals surface area contributed by atoms with Crippen LogP contribution in [-0.2, 0) is 9.59 Å². The summed E-state index contributed by atoms with van der Waals surface area (Å²) in [6.45, 7) is 5.02. The highest BCUT2D eigenvalue weighted by molar-refractivity contribution is 6.00. The lowest BCUT2D eigenvalue weighted by atomic mass is 10.1. The number of anilines is 1. The number of Topliss-reactive ketones (excluding diaryl/α,β-unsaturated/α-hetero) is 1. The number of benzene rings is 1. The average Bonchev–Trinajstić information content (AvgIpc) is 2.93. The number of amides is 1. The van der Waals surface area contributed by atoms with Crippen molar-refractivity contribution < 1.29 is 19.5 Å². The second-order valence-electron chi connectivity index (χ2n) is 5.74. The highest BCUT2D eigenvalue weighted by Crippen LogP contribution is 2.58. The molecule has 2 atom stereocenters. The molecular weight excluding hydrogens is 258 g/mol. The third kappa shape index (κ3) is 2.43. The molecule has 0 saturated heterocycles. The number of carboxylic acids is 1. The first-order valence-corrected chi connectivity index (χ1v) is 6.40. The van der Waals surface area contributed by atoms with E-state index in [0.717, 1.165) is 0 Å². The van der Waals surface area contributed by atoms with Gasteiger partial charge in [0, 0.05) is 11.3 Å². The number of nitrogens with one attached hydrogen (secondary N) is 1. The van der Waals surface area contributed by atoms with Gasteiger partial charge in [0.25, 0.3) is 0 Å². The van der Waals surface area contributed by atoms with Crippen LogP contribution in [-0.4, -0.2) is 22.8 Å². The predicted molar refractivity (Wildman–Crippen MR) is 73.5 cm³/mol. The van der Waals surface area contributed by atoms with Gasteiger partial charge in [0.05, 0.1) is 11.8 Å². The molecule has 0 aliphatic heterocycles. The van der Waals surface area contributed by atoms with Gasteiger partial charge in [-0.05, 0) is 36.6 Å². The van der Waals surface area contributed by atoms with E-state index < -0.39 is 23.2 Å². The molecule has 0 aromatic heterocycles. The van der Waals surface area contributed by atoms with Crippen molar-refractivity contribution in [2.75, 3.05) is 5.32 Å². The molecule has 1 aromatic rings. The molecule has 0 bridgehead atoms. The van der Waals surface area contributed by atoms with Gasteiger partial charge in [-0.15, -0.1) is 0 Å². The van der Waals surface area contributed by atoms with Gasteiger partial charge < -0.3 is 10.4 Å². The zero-order chi connectivity index (χ0) is 15.1. The minimum absolute atomic E-state index is 0.0443. The number of carboxylic acid groups (broad SMARTS) is 1. The van der Waals surface area contributed by atoms with Gasteiger partial charge in [-0.2, -0.15) is 0 Å². The molecule has 2 rings (SSSR count). The van der Waals surface area contributed by atoms with Crippen molar-refractivity contribution in [1.29, 1.82) is 0 Å². The number of aliphatic carboxylic acids is 1. The quantitative estimate of drug-likeness (QED) is 0.825. The molecule has 0 radical (unpaired) electrons. The topological polar surface area (TPSA) is 83.5 Å². The molecule has 20 heavy (non-hydrogen) atoms. The molecular formula is C15H17NO4. The molecule has 1 aliphatic rings. The molecule has 2 unspecified atom stereocenters. The van der Waals surface area contributed by atoms with Crippen molar-refractivity contribution >= 4 is 23.3 Å². The zero-order valence-electron chi connectivity index (χ0n) is 11.6. The van der Waals surface area contributed by atoms with Crippen LogP contribution < -0.4 is 5.32 Å². The summed E-state index contributed by atoms with van der Waals surface area (Å²) in [6.07, 6.45) is 0. The number of hydrogen-bond donors (Lipinski definition) is 2. The first-order valence-electron chi connectivity index (χ1n) is 6.40. The van der Waals surface area contributed by atoms with E-state index in [1.54, 1.807) is 38.1 Å². The fourth-order valence-electron chi connectivity index (χ4n) is 2.60. The Hall–Kier alpha value is -2.17. The maximum atomic E-state index is 12.1. The first-order chi connectivity index (χ1) is 9.25. The third-order valence-corrected chi connectivity index (χ3v) is 3.93. The largest absolute Gasteiger partial charge is 0.481 e. The SMILES string of the molecule is CC(=O)c1ccc(NC(=O)C2C(C(=O)O)C2(C)C)cc1.